The van der Waals surface area contributed by atoms with Crippen LogP contribution in [0.2, 0.25) is 0 Å². The molecule has 0 aliphatic heterocycles. The lowest BCUT2D eigenvalue weighted by molar-refractivity contribution is 0.423. The van der Waals surface area contributed by atoms with Crippen LogP contribution in [0.4, 0.5) is 0 Å². The Kier molecular flexibility index (Phi) is 5.30. The van der Waals surface area contributed by atoms with Crippen molar-refractivity contribution in [2.75, 3.05) is 7.05 Å². The number of pyridine rings is 1. The Bertz CT molecular complexity index is 502. The van der Waals surface area contributed by atoms with E-state index in [9.17, 15) is 0 Å². The summed E-state index contributed by atoms with van der Waals surface area (Å²) < 4.78 is 2.10. The first-order valence-electron chi connectivity index (χ1n) is 7.39. The van der Waals surface area contributed by atoms with Crippen LogP contribution in [0, 0.1) is 0 Å². The third kappa shape index (κ3) is 3.45. The van der Waals surface area contributed by atoms with Crippen LogP contribution in [-0.4, -0.2) is 21.8 Å². The summed E-state index contributed by atoms with van der Waals surface area (Å²) in [6.07, 6.45) is 8.95. The van der Waals surface area contributed by atoms with Crippen LogP contribution in [-0.2, 0) is 6.42 Å². The van der Waals surface area contributed by atoms with E-state index in [4.69, 9.17) is 5.10 Å². The fourth-order valence-electron chi connectivity index (χ4n) is 2.53. The Morgan fingerprint density at radius 2 is 2.05 bits per heavy atom. The van der Waals surface area contributed by atoms with Crippen molar-refractivity contribution in [1.82, 2.24) is 20.1 Å². The van der Waals surface area contributed by atoms with Crippen molar-refractivity contribution in [3.8, 4) is 0 Å². The number of nitrogens with one attached hydrogen (secondary N) is 1. The van der Waals surface area contributed by atoms with E-state index in [2.05, 4.69) is 47.2 Å². The zero-order valence-electron chi connectivity index (χ0n) is 12.6. The highest BCUT2D eigenvalue weighted by atomic mass is 15.3. The van der Waals surface area contributed by atoms with Crippen molar-refractivity contribution in [3.05, 3.63) is 48.0 Å². The summed E-state index contributed by atoms with van der Waals surface area (Å²) in [5, 5.41) is 8.07. The molecule has 1 atom stereocenters. The van der Waals surface area contributed by atoms with E-state index in [-0.39, 0.29) is 6.04 Å². The monoisotopic (exact) mass is 272 g/mol. The number of hydrogen-bond acceptors (Lipinski definition) is 3. The maximum Gasteiger partial charge on any atom is 0.0643 e. The molecule has 0 radical (unpaired) electrons. The summed E-state index contributed by atoms with van der Waals surface area (Å²) >= 11 is 0. The van der Waals surface area contributed by atoms with Gasteiger partial charge in [-0.25, -0.2) is 0 Å². The van der Waals surface area contributed by atoms with Gasteiger partial charge in [-0.2, -0.15) is 5.10 Å². The molecule has 1 unspecified atom stereocenters. The van der Waals surface area contributed by atoms with Crippen molar-refractivity contribution in [1.29, 1.82) is 0 Å². The van der Waals surface area contributed by atoms with E-state index in [1.54, 1.807) is 6.20 Å². The first-order chi connectivity index (χ1) is 9.78. The van der Waals surface area contributed by atoms with Crippen molar-refractivity contribution in [3.63, 3.8) is 0 Å². The predicted molar refractivity (Wildman–Crippen MR) is 81.6 cm³/mol. The van der Waals surface area contributed by atoms with E-state index in [1.165, 1.54) is 5.56 Å². The van der Waals surface area contributed by atoms with Crippen LogP contribution < -0.4 is 5.32 Å². The second-order valence-electron chi connectivity index (χ2n) is 5.09. The first-order valence-corrected chi connectivity index (χ1v) is 7.39. The van der Waals surface area contributed by atoms with Gasteiger partial charge in [0.05, 0.1) is 11.7 Å². The summed E-state index contributed by atoms with van der Waals surface area (Å²) in [6.45, 7) is 4.42. The lowest BCUT2D eigenvalue weighted by Crippen LogP contribution is -2.19. The van der Waals surface area contributed by atoms with Gasteiger partial charge in [-0.3, -0.25) is 9.67 Å². The SMILES string of the molecule is CCC(CC)n1ccc(CC(NC)c2cccnc2)n1. The van der Waals surface area contributed by atoms with Gasteiger partial charge in [0.15, 0.2) is 0 Å². The molecule has 2 heterocycles. The molecule has 2 aromatic heterocycles. The quantitative estimate of drug-likeness (QED) is 0.842. The molecule has 2 aromatic rings. The molecular formula is C16H24N4. The summed E-state index contributed by atoms with van der Waals surface area (Å²) in [4.78, 5) is 4.19. The Balaban J connectivity index is 2.09. The molecule has 0 aliphatic rings. The molecule has 1 N–H and O–H groups in total. The second kappa shape index (κ2) is 7.20. The Hall–Kier alpha value is -1.68. The summed E-state index contributed by atoms with van der Waals surface area (Å²) in [5.41, 5.74) is 2.33. The molecular weight excluding hydrogens is 248 g/mol. The largest absolute Gasteiger partial charge is 0.313 e. The van der Waals surface area contributed by atoms with E-state index in [0.717, 1.165) is 25.0 Å². The Labute approximate surface area is 121 Å². The van der Waals surface area contributed by atoms with Gasteiger partial charge in [0.2, 0.25) is 0 Å². The van der Waals surface area contributed by atoms with Crippen molar-refractivity contribution >= 4 is 0 Å². The maximum absolute atomic E-state index is 4.72. The molecule has 0 spiro atoms. The molecule has 0 bridgehead atoms. The normalized spacial score (nSPS) is 12.8. The topological polar surface area (TPSA) is 42.7 Å². The van der Waals surface area contributed by atoms with Crippen molar-refractivity contribution in [2.24, 2.45) is 0 Å². The molecule has 0 amide bonds. The molecule has 2 rings (SSSR count). The van der Waals surface area contributed by atoms with Crippen LogP contribution in [0.3, 0.4) is 0 Å². The second-order valence-corrected chi connectivity index (χ2v) is 5.09. The van der Waals surface area contributed by atoms with Gasteiger partial charge < -0.3 is 5.32 Å². The fourth-order valence-corrected chi connectivity index (χ4v) is 2.53. The zero-order valence-corrected chi connectivity index (χ0v) is 12.6. The predicted octanol–water partition coefficient (Wildman–Crippen LogP) is 3.14. The van der Waals surface area contributed by atoms with E-state index >= 15 is 0 Å². The van der Waals surface area contributed by atoms with Crippen LogP contribution in [0.25, 0.3) is 0 Å². The molecule has 4 heteroatoms. The lowest BCUT2D eigenvalue weighted by atomic mass is 10.0. The lowest BCUT2D eigenvalue weighted by Gasteiger charge is -2.15. The van der Waals surface area contributed by atoms with Gasteiger partial charge in [0.1, 0.15) is 0 Å². The molecule has 0 aromatic carbocycles. The molecule has 4 nitrogen and oxygen atoms in total. The molecule has 0 saturated carbocycles. The summed E-state index contributed by atoms with van der Waals surface area (Å²) in [5.74, 6) is 0. The van der Waals surface area contributed by atoms with Gasteiger partial charge in [-0.15, -0.1) is 0 Å². The molecule has 0 saturated heterocycles. The Morgan fingerprint density at radius 3 is 2.65 bits per heavy atom. The van der Waals surface area contributed by atoms with Gasteiger partial charge >= 0.3 is 0 Å². The standard InChI is InChI=1S/C16H24N4/c1-4-15(5-2)20-10-8-14(19-20)11-16(17-3)13-7-6-9-18-12-13/h6-10,12,15-17H,4-5,11H2,1-3H3. The molecule has 0 fully saturated rings. The Morgan fingerprint density at radius 1 is 1.25 bits per heavy atom. The smallest absolute Gasteiger partial charge is 0.0643 e. The molecule has 0 aliphatic carbocycles. The third-order valence-corrected chi connectivity index (χ3v) is 3.83. The molecule has 108 valence electrons. The van der Waals surface area contributed by atoms with Crippen LogP contribution >= 0.6 is 0 Å². The van der Waals surface area contributed by atoms with E-state index in [0.29, 0.717) is 6.04 Å². The summed E-state index contributed by atoms with van der Waals surface area (Å²) in [7, 11) is 1.98. The van der Waals surface area contributed by atoms with E-state index < -0.39 is 0 Å². The van der Waals surface area contributed by atoms with Gasteiger partial charge in [0, 0.05) is 31.1 Å². The number of rotatable bonds is 7. The van der Waals surface area contributed by atoms with Gasteiger partial charge in [-0.1, -0.05) is 19.9 Å². The number of aromatic nitrogens is 3. The van der Waals surface area contributed by atoms with Crippen molar-refractivity contribution in [2.45, 2.75) is 45.2 Å². The van der Waals surface area contributed by atoms with Crippen molar-refractivity contribution < 1.29 is 0 Å². The summed E-state index contributed by atoms with van der Waals surface area (Å²) in [6, 6.07) is 6.97. The number of nitrogens with zero attached hydrogens (tertiary/aromatic N) is 3. The maximum atomic E-state index is 4.72. The first kappa shape index (κ1) is 14.7. The number of hydrogen-bond donors (Lipinski definition) is 1. The number of likely N-dealkylation sites (N-methyl/N-ethyl adjacent to an activating group) is 1. The van der Waals surface area contributed by atoms with Crippen LogP contribution in [0.1, 0.15) is 50.0 Å². The minimum atomic E-state index is 0.258. The molecule has 20 heavy (non-hydrogen) atoms. The van der Waals surface area contributed by atoms with Crippen LogP contribution in [0.15, 0.2) is 36.8 Å². The van der Waals surface area contributed by atoms with Gasteiger partial charge in [0.25, 0.3) is 0 Å². The zero-order chi connectivity index (χ0) is 14.4. The van der Waals surface area contributed by atoms with E-state index in [1.807, 2.05) is 19.3 Å². The average Bonchev–Trinajstić information content (AvgIpc) is 2.95. The highest BCUT2D eigenvalue weighted by molar-refractivity contribution is 5.16. The average molecular weight is 272 g/mol. The highest BCUT2D eigenvalue weighted by Gasteiger charge is 2.13. The van der Waals surface area contributed by atoms with Crippen LogP contribution in [0.5, 0.6) is 0 Å². The minimum Gasteiger partial charge on any atom is -0.313 e. The highest BCUT2D eigenvalue weighted by Crippen LogP contribution is 2.19. The fraction of sp³-hybridized carbons (Fsp3) is 0.500. The van der Waals surface area contributed by atoms with Gasteiger partial charge in [-0.05, 0) is 37.6 Å². The minimum absolute atomic E-state index is 0.258. The third-order valence-electron chi connectivity index (χ3n) is 3.83.